The van der Waals surface area contributed by atoms with E-state index in [1.165, 1.54) is 36.0 Å². The van der Waals surface area contributed by atoms with Crippen molar-refractivity contribution in [2.75, 3.05) is 13.2 Å². The molecule has 2 aliphatic rings. The van der Waals surface area contributed by atoms with Crippen molar-refractivity contribution in [2.45, 2.75) is 32.4 Å². The maximum atomic E-state index is 5.86. The van der Waals surface area contributed by atoms with Crippen LogP contribution in [-0.2, 0) is 13.1 Å². The number of nitrogens with one attached hydrogen (secondary N) is 2. The van der Waals surface area contributed by atoms with E-state index in [1.54, 1.807) is 0 Å². The Bertz CT molecular complexity index is 770. The molecule has 130 valence electrons. The largest absolute Gasteiger partial charge is 0.488 e. The van der Waals surface area contributed by atoms with E-state index in [4.69, 9.17) is 9.57 Å². The fraction of sp³-hybridized carbons (Fsp3) is 0.333. The second-order valence-corrected chi connectivity index (χ2v) is 6.51. The summed E-state index contributed by atoms with van der Waals surface area (Å²) in [4.78, 5) is 5.42. The summed E-state index contributed by atoms with van der Waals surface area (Å²) in [6.07, 6.45) is 6.09. The van der Waals surface area contributed by atoms with Crippen LogP contribution in [0.2, 0.25) is 0 Å². The second-order valence-electron chi connectivity index (χ2n) is 6.51. The van der Waals surface area contributed by atoms with Crippen LogP contribution in [0.5, 0.6) is 11.5 Å². The third kappa shape index (κ3) is 3.86. The highest BCUT2D eigenvalue weighted by Crippen LogP contribution is 2.33. The van der Waals surface area contributed by atoms with Crippen molar-refractivity contribution < 1.29 is 9.57 Å². The van der Waals surface area contributed by atoms with Gasteiger partial charge in [0.2, 0.25) is 0 Å². The molecular formula is C21H24N2O2. The first-order valence-electron chi connectivity index (χ1n) is 9.03. The lowest BCUT2D eigenvalue weighted by Gasteiger charge is -2.11. The zero-order chi connectivity index (χ0) is 16.9. The van der Waals surface area contributed by atoms with E-state index in [-0.39, 0.29) is 0 Å². The Hall–Kier alpha value is -2.30. The van der Waals surface area contributed by atoms with Crippen LogP contribution in [0.1, 0.15) is 36.0 Å². The van der Waals surface area contributed by atoms with Gasteiger partial charge in [0.05, 0.1) is 6.54 Å². The van der Waals surface area contributed by atoms with Crippen LogP contribution in [0.4, 0.5) is 0 Å². The van der Waals surface area contributed by atoms with Gasteiger partial charge >= 0.3 is 0 Å². The predicted octanol–water partition coefficient (Wildman–Crippen LogP) is 3.82. The molecule has 1 heterocycles. The lowest BCUT2D eigenvalue weighted by molar-refractivity contribution is 0.208. The van der Waals surface area contributed by atoms with Crippen LogP contribution in [0, 0.1) is 0 Å². The molecule has 0 spiro atoms. The van der Waals surface area contributed by atoms with Crippen LogP contribution in [0.15, 0.2) is 48.5 Å². The summed E-state index contributed by atoms with van der Waals surface area (Å²) in [6.45, 7) is 3.00. The highest BCUT2D eigenvalue weighted by molar-refractivity contribution is 5.67. The molecule has 0 saturated heterocycles. The first-order valence-corrected chi connectivity index (χ1v) is 9.03. The number of benzene rings is 2. The maximum absolute atomic E-state index is 5.86. The minimum absolute atomic E-state index is 0.616. The number of allylic oxidation sites excluding steroid dienone is 2. The average Bonchev–Trinajstić information content (AvgIpc) is 3.33. The number of ether oxygens (including phenoxy) is 1. The van der Waals surface area contributed by atoms with Crippen molar-refractivity contribution in [1.82, 2.24) is 10.8 Å². The molecule has 2 aromatic rings. The van der Waals surface area contributed by atoms with Gasteiger partial charge in [0.15, 0.2) is 11.5 Å². The van der Waals surface area contributed by atoms with Gasteiger partial charge in [-0.05, 0) is 42.0 Å². The summed E-state index contributed by atoms with van der Waals surface area (Å²) < 4.78 is 5.86. The molecule has 2 aromatic carbocycles. The van der Waals surface area contributed by atoms with Crippen molar-refractivity contribution in [2.24, 2.45) is 0 Å². The first kappa shape index (κ1) is 16.2. The summed E-state index contributed by atoms with van der Waals surface area (Å²) in [7, 11) is 0. The van der Waals surface area contributed by atoms with Crippen LogP contribution in [0.25, 0.3) is 5.57 Å². The molecule has 0 aromatic heterocycles. The number of rotatable bonds is 7. The summed E-state index contributed by atoms with van der Waals surface area (Å²) >= 11 is 0. The minimum Gasteiger partial charge on any atom is -0.488 e. The van der Waals surface area contributed by atoms with Gasteiger partial charge in [0, 0.05) is 18.7 Å². The fourth-order valence-corrected chi connectivity index (χ4v) is 3.40. The van der Waals surface area contributed by atoms with E-state index < -0.39 is 0 Å². The van der Waals surface area contributed by atoms with Gasteiger partial charge in [-0.15, -0.1) is 0 Å². The summed E-state index contributed by atoms with van der Waals surface area (Å²) in [6, 6.07) is 14.8. The monoisotopic (exact) mass is 336 g/mol. The van der Waals surface area contributed by atoms with E-state index in [0.717, 1.165) is 36.7 Å². The van der Waals surface area contributed by atoms with Crippen molar-refractivity contribution in [1.29, 1.82) is 0 Å². The average molecular weight is 336 g/mol. The molecule has 1 aliphatic heterocycles. The molecule has 0 atom stereocenters. The predicted molar refractivity (Wildman–Crippen MR) is 99.4 cm³/mol. The molecule has 0 saturated carbocycles. The normalized spacial score (nSPS) is 15.6. The molecule has 0 bridgehead atoms. The molecule has 2 N–H and O–H groups in total. The lowest BCUT2D eigenvalue weighted by atomic mass is 10.0. The zero-order valence-corrected chi connectivity index (χ0v) is 14.4. The quantitative estimate of drug-likeness (QED) is 0.755. The van der Waals surface area contributed by atoms with Gasteiger partial charge in [-0.2, -0.15) is 5.48 Å². The SMILES string of the molecule is C1=C(c2cccc(CNCCOc3cccc4c3ONC4)c2)CCC1. The smallest absolute Gasteiger partial charge is 0.193 e. The number of hydroxylamine groups is 1. The Morgan fingerprint density at radius 1 is 1.16 bits per heavy atom. The van der Waals surface area contributed by atoms with Crippen molar-refractivity contribution >= 4 is 5.57 Å². The second kappa shape index (κ2) is 7.72. The van der Waals surface area contributed by atoms with Gasteiger partial charge in [-0.1, -0.05) is 42.5 Å². The van der Waals surface area contributed by atoms with Crippen molar-refractivity contribution in [3.63, 3.8) is 0 Å². The molecular weight excluding hydrogens is 312 g/mol. The van der Waals surface area contributed by atoms with Crippen LogP contribution in [-0.4, -0.2) is 13.2 Å². The van der Waals surface area contributed by atoms with E-state index >= 15 is 0 Å². The highest BCUT2D eigenvalue weighted by Gasteiger charge is 2.16. The molecule has 0 unspecified atom stereocenters. The number of hydrogen-bond acceptors (Lipinski definition) is 4. The van der Waals surface area contributed by atoms with Crippen molar-refractivity contribution in [3.05, 3.63) is 65.2 Å². The van der Waals surface area contributed by atoms with E-state index in [1.807, 2.05) is 18.2 Å². The van der Waals surface area contributed by atoms with Crippen LogP contribution >= 0.6 is 0 Å². The van der Waals surface area contributed by atoms with E-state index in [0.29, 0.717) is 6.61 Å². The zero-order valence-electron chi connectivity index (χ0n) is 14.4. The minimum atomic E-state index is 0.616. The third-order valence-electron chi connectivity index (χ3n) is 4.70. The number of hydrogen-bond donors (Lipinski definition) is 2. The molecule has 0 radical (unpaired) electrons. The summed E-state index contributed by atoms with van der Waals surface area (Å²) in [5, 5.41) is 3.46. The molecule has 25 heavy (non-hydrogen) atoms. The standard InChI is InChI=1S/C21H24N2O2/c1-2-7-17(6-1)18-8-3-5-16(13-18)14-22-11-12-24-20-10-4-9-19-15-23-25-21(19)20/h3-6,8-10,13,22-23H,1-2,7,11-12,14-15H2. The van der Waals surface area contributed by atoms with E-state index in [2.05, 4.69) is 41.1 Å². The molecule has 1 aliphatic carbocycles. The Morgan fingerprint density at radius 2 is 2.12 bits per heavy atom. The van der Waals surface area contributed by atoms with Crippen LogP contribution in [0.3, 0.4) is 0 Å². The van der Waals surface area contributed by atoms with Gasteiger partial charge < -0.3 is 14.9 Å². The molecule has 4 rings (SSSR count). The highest BCUT2D eigenvalue weighted by atomic mass is 16.7. The van der Waals surface area contributed by atoms with Gasteiger partial charge in [0.25, 0.3) is 0 Å². The molecule has 4 nitrogen and oxygen atoms in total. The van der Waals surface area contributed by atoms with Gasteiger partial charge in [-0.25, -0.2) is 0 Å². The Morgan fingerprint density at radius 3 is 3.04 bits per heavy atom. The van der Waals surface area contributed by atoms with Gasteiger partial charge in [-0.3, -0.25) is 0 Å². The molecule has 0 amide bonds. The van der Waals surface area contributed by atoms with E-state index in [9.17, 15) is 0 Å². The first-order chi connectivity index (χ1) is 12.4. The molecule has 0 fully saturated rings. The molecule has 4 heteroatoms. The third-order valence-corrected chi connectivity index (χ3v) is 4.70. The number of fused-ring (bicyclic) bond motifs is 1. The maximum Gasteiger partial charge on any atom is 0.193 e. The van der Waals surface area contributed by atoms with Crippen LogP contribution < -0.4 is 20.4 Å². The fourth-order valence-electron chi connectivity index (χ4n) is 3.40. The Labute approximate surface area is 148 Å². The lowest BCUT2D eigenvalue weighted by Crippen LogP contribution is -2.20. The van der Waals surface area contributed by atoms with Gasteiger partial charge in [0.1, 0.15) is 6.61 Å². The number of para-hydroxylation sites is 1. The Balaban J connectivity index is 1.25. The summed E-state index contributed by atoms with van der Waals surface area (Å²) in [5.74, 6) is 1.62. The van der Waals surface area contributed by atoms with Crippen molar-refractivity contribution in [3.8, 4) is 11.5 Å². The Kier molecular flexibility index (Phi) is 5.00. The summed E-state index contributed by atoms with van der Waals surface area (Å²) in [5.41, 5.74) is 8.21. The topological polar surface area (TPSA) is 42.5 Å².